The lowest BCUT2D eigenvalue weighted by atomic mass is 10.2. The molecule has 0 aliphatic rings. The van der Waals surface area contributed by atoms with Crippen LogP contribution in [0.3, 0.4) is 0 Å². The first-order valence-corrected chi connectivity index (χ1v) is 5.92. The van der Waals surface area contributed by atoms with Crippen molar-refractivity contribution in [3.05, 3.63) is 53.9 Å². The van der Waals surface area contributed by atoms with Crippen molar-refractivity contribution in [3.8, 4) is 0 Å². The molecule has 2 aromatic rings. The summed E-state index contributed by atoms with van der Waals surface area (Å²) in [4.78, 5) is 11.1. The van der Waals surface area contributed by atoms with E-state index in [0.29, 0.717) is 17.8 Å². The number of nitrogens with one attached hydrogen (secondary N) is 1. The molecule has 2 rings (SSSR count). The Bertz CT molecular complexity index is 546. The van der Waals surface area contributed by atoms with Crippen LogP contribution in [-0.4, -0.2) is 15.6 Å². The molecular formula is C14H16N2O2. The Balaban J connectivity index is 2.13. The number of aryl methyl sites for hydroxylation is 1. The zero-order valence-electron chi connectivity index (χ0n) is 10.3. The van der Waals surface area contributed by atoms with Crippen LogP contribution < -0.4 is 5.32 Å². The highest BCUT2D eigenvalue weighted by molar-refractivity contribution is 5.94. The van der Waals surface area contributed by atoms with E-state index in [0.717, 1.165) is 12.2 Å². The molecule has 0 radical (unpaired) electrons. The van der Waals surface area contributed by atoms with Crippen molar-refractivity contribution in [2.75, 3.05) is 5.32 Å². The van der Waals surface area contributed by atoms with Crippen LogP contribution in [0.1, 0.15) is 23.0 Å². The molecule has 2 N–H and O–H groups in total. The van der Waals surface area contributed by atoms with Crippen LogP contribution in [0.15, 0.2) is 42.6 Å². The van der Waals surface area contributed by atoms with Crippen LogP contribution in [0.25, 0.3) is 0 Å². The number of hydrogen-bond acceptors (Lipinski definition) is 2. The average molecular weight is 244 g/mol. The van der Waals surface area contributed by atoms with Crippen molar-refractivity contribution in [1.29, 1.82) is 0 Å². The largest absolute Gasteiger partial charge is 0.478 e. The number of hydrogen-bond donors (Lipinski definition) is 2. The Kier molecular flexibility index (Phi) is 3.67. The van der Waals surface area contributed by atoms with Gasteiger partial charge in [0.25, 0.3) is 0 Å². The molecule has 0 saturated carbocycles. The number of aromatic carboxylic acids is 1. The van der Waals surface area contributed by atoms with E-state index in [9.17, 15) is 4.79 Å². The lowest BCUT2D eigenvalue weighted by Crippen LogP contribution is -2.09. The SMILES string of the molecule is CCn1cccc1CNc1ccccc1C(=O)O. The van der Waals surface area contributed by atoms with Gasteiger partial charge in [0.15, 0.2) is 0 Å². The summed E-state index contributed by atoms with van der Waals surface area (Å²) >= 11 is 0. The fourth-order valence-electron chi connectivity index (χ4n) is 1.93. The molecule has 4 heteroatoms. The second-order valence-corrected chi connectivity index (χ2v) is 3.99. The van der Waals surface area contributed by atoms with E-state index < -0.39 is 5.97 Å². The van der Waals surface area contributed by atoms with E-state index in [1.54, 1.807) is 18.2 Å². The Labute approximate surface area is 106 Å². The maximum absolute atomic E-state index is 11.1. The maximum atomic E-state index is 11.1. The van der Waals surface area contributed by atoms with E-state index in [-0.39, 0.29) is 0 Å². The molecule has 0 unspecified atom stereocenters. The Morgan fingerprint density at radius 1 is 1.28 bits per heavy atom. The first-order valence-electron chi connectivity index (χ1n) is 5.92. The lowest BCUT2D eigenvalue weighted by Gasteiger charge is -2.11. The number of benzene rings is 1. The van der Waals surface area contributed by atoms with Crippen LogP contribution in [0, 0.1) is 0 Å². The molecule has 0 spiro atoms. The van der Waals surface area contributed by atoms with E-state index in [4.69, 9.17) is 5.11 Å². The Morgan fingerprint density at radius 2 is 2.06 bits per heavy atom. The summed E-state index contributed by atoms with van der Waals surface area (Å²) < 4.78 is 2.12. The van der Waals surface area contributed by atoms with Crippen molar-refractivity contribution in [2.24, 2.45) is 0 Å². The molecule has 0 atom stereocenters. The number of anilines is 1. The molecule has 94 valence electrons. The summed E-state index contributed by atoms with van der Waals surface area (Å²) in [5.41, 5.74) is 2.08. The summed E-state index contributed by atoms with van der Waals surface area (Å²) in [5, 5.41) is 12.2. The van der Waals surface area contributed by atoms with Gasteiger partial charge in [0.1, 0.15) is 0 Å². The number of rotatable bonds is 5. The zero-order valence-corrected chi connectivity index (χ0v) is 10.3. The molecule has 0 aliphatic carbocycles. The molecule has 4 nitrogen and oxygen atoms in total. The van der Waals surface area contributed by atoms with E-state index in [1.165, 1.54) is 0 Å². The van der Waals surface area contributed by atoms with Gasteiger partial charge in [-0.25, -0.2) is 4.79 Å². The van der Waals surface area contributed by atoms with Crippen LogP contribution in [-0.2, 0) is 13.1 Å². The minimum absolute atomic E-state index is 0.298. The maximum Gasteiger partial charge on any atom is 0.337 e. The smallest absolute Gasteiger partial charge is 0.337 e. The number of aromatic nitrogens is 1. The first kappa shape index (κ1) is 12.2. The minimum atomic E-state index is -0.913. The van der Waals surface area contributed by atoms with Gasteiger partial charge in [-0.05, 0) is 31.2 Å². The Hall–Kier alpha value is -2.23. The quantitative estimate of drug-likeness (QED) is 0.850. The van der Waals surface area contributed by atoms with Crippen LogP contribution in [0.2, 0.25) is 0 Å². The molecule has 0 fully saturated rings. The van der Waals surface area contributed by atoms with E-state index in [2.05, 4.69) is 16.8 Å². The molecule has 0 saturated heterocycles. The van der Waals surface area contributed by atoms with Crippen LogP contribution in [0.4, 0.5) is 5.69 Å². The molecule has 18 heavy (non-hydrogen) atoms. The van der Waals surface area contributed by atoms with Crippen molar-refractivity contribution in [2.45, 2.75) is 20.0 Å². The third-order valence-electron chi connectivity index (χ3n) is 2.88. The Morgan fingerprint density at radius 3 is 2.78 bits per heavy atom. The third kappa shape index (κ3) is 2.53. The molecule has 0 amide bonds. The third-order valence-corrected chi connectivity index (χ3v) is 2.88. The summed E-state index contributed by atoms with van der Waals surface area (Å²) in [6.07, 6.45) is 2.01. The monoisotopic (exact) mass is 244 g/mol. The summed E-state index contributed by atoms with van der Waals surface area (Å²) in [5.74, 6) is -0.913. The fourth-order valence-corrected chi connectivity index (χ4v) is 1.93. The summed E-state index contributed by atoms with van der Waals surface area (Å²) in [6.45, 7) is 3.60. The van der Waals surface area contributed by atoms with E-state index >= 15 is 0 Å². The number of carboxylic acids is 1. The van der Waals surface area contributed by atoms with Gasteiger partial charge in [0.05, 0.1) is 12.1 Å². The number of para-hydroxylation sites is 1. The van der Waals surface area contributed by atoms with Gasteiger partial charge in [-0.3, -0.25) is 0 Å². The van der Waals surface area contributed by atoms with Gasteiger partial charge >= 0.3 is 5.97 Å². The first-order chi connectivity index (χ1) is 8.72. The van der Waals surface area contributed by atoms with Crippen LogP contribution in [0.5, 0.6) is 0 Å². The topological polar surface area (TPSA) is 54.3 Å². The zero-order chi connectivity index (χ0) is 13.0. The van der Waals surface area contributed by atoms with Crippen molar-refractivity contribution >= 4 is 11.7 Å². The second-order valence-electron chi connectivity index (χ2n) is 3.99. The van der Waals surface area contributed by atoms with Gasteiger partial charge in [0, 0.05) is 24.1 Å². The van der Waals surface area contributed by atoms with Crippen molar-refractivity contribution in [1.82, 2.24) is 4.57 Å². The van der Waals surface area contributed by atoms with Crippen LogP contribution >= 0.6 is 0 Å². The summed E-state index contributed by atoms with van der Waals surface area (Å²) in [7, 11) is 0. The highest BCUT2D eigenvalue weighted by atomic mass is 16.4. The summed E-state index contributed by atoms with van der Waals surface area (Å²) in [6, 6.07) is 11.0. The number of carbonyl (C=O) groups is 1. The van der Waals surface area contributed by atoms with Gasteiger partial charge in [-0.2, -0.15) is 0 Å². The predicted octanol–water partition coefficient (Wildman–Crippen LogP) is 2.82. The van der Waals surface area contributed by atoms with E-state index in [1.807, 2.05) is 24.4 Å². The molecular weight excluding hydrogens is 228 g/mol. The van der Waals surface area contributed by atoms with Crippen molar-refractivity contribution in [3.63, 3.8) is 0 Å². The lowest BCUT2D eigenvalue weighted by molar-refractivity contribution is 0.0698. The molecule has 1 heterocycles. The fraction of sp³-hybridized carbons (Fsp3) is 0.214. The van der Waals surface area contributed by atoms with Gasteiger partial charge in [0.2, 0.25) is 0 Å². The highest BCUT2D eigenvalue weighted by Gasteiger charge is 2.08. The average Bonchev–Trinajstić information content (AvgIpc) is 2.84. The normalized spacial score (nSPS) is 10.3. The molecule has 1 aromatic heterocycles. The minimum Gasteiger partial charge on any atom is -0.478 e. The molecule has 0 aliphatic heterocycles. The predicted molar refractivity (Wildman–Crippen MR) is 70.8 cm³/mol. The number of nitrogens with zero attached hydrogens (tertiary/aromatic N) is 1. The van der Waals surface area contributed by atoms with Gasteiger partial charge in [-0.1, -0.05) is 12.1 Å². The van der Waals surface area contributed by atoms with Gasteiger partial charge in [-0.15, -0.1) is 0 Å². The highest BCUT2D eigenvalue weighted by Crippen LogP contribution is 2.16. The molecule has 0 bridgehead atoms. The van der Waals surface area contributed by atoms with Crippen molar-refractivity contribution < 1.29 is 9.90 Å². The van der Waals surface area contributed by atoms with Gasteiger partial charge < -0.3 is 15.0 Å². The molecule has 1 aromatic carbocycles. The standard InChI is InChI=1S/C14H16N2O2/c1-2-16-9-5-6-11(16)10-15-13-8-4-3-7-12(13)14(17)18/h3-9,15H,2,10H2,1H3,(H,17,18). The number of carboxylic acid groups (broad SMARTS) is 1. The second kappa shape index (κ2) is 5.40.